The first-order valence-corrected chi connectivity index (χ1v) is 6.83. The molecule has 0 aliphatic carbocycles. The maximum Gasteiger partial charge on any atom is 0.308 e. The van der Waals surface area contributed by atoms with E-state index in [0.29, 0.717) is 13.1 Å². The van der Waals surface area contributed by atoms with E-state index in [0.717, 1.165) is 6.42 Å². The van der Waals surface area contributed by atoms with Crippen molar-refractivity contribution in [2.75, 3.05) is 13.1 Å². The molecule has 0 heterocycles. The summed E-state index contributed by atoms with van der Waals surface area (Å²) in [6, 6.07) is 0. The Labute approximate surface area is 111 Å². The van der Waals surface area contributed by atoms with Gasteiger partial charge in [-0.15, -0.1) is 0 Å². The number of carbonyl (C=O) groups excluding carboxylic acids is 1. The maximum atomic E-state index is 11.7. The molecule has 0 spiro atoms. The molecule has 0 aromatic heterocycles. The Morgan fingerprint density at radius 2 is 1.56 bits per heavy atom. The molecule has 0 aliphatic rings. The van der Waals surface area contributed by atoms with E-state index in [1.807, 2.05) is 20.8 Å². The molecule has 0 aliphatic heterocycles. The van der Waals surface area contributed by atoms with Crippen molar-refractivity contribution in [2.45, 2.75) is 54.4 Å². The molecule has 108 valence electrons. The number of carboxylic acids is 1. The quantitative estimate of drug-likeness (QED) is 0.797. The van der Waals surface area contributed by atoms with Crippen LogP contribution in [0.5, 0.6) is 0 Å². The van der Waals surface area contributed by atoms with E-state index in [-0.39, 0.29) is 11.8 Å². The highest BCUT2D eigenvalue weighted by Gasteiger charge is 2.21. The molecular formula is C14H29NO3. The number of carbonyl (C=O) groups is 2. The zero-order valence-corrected chi connectivity index (χ0v) is 12.7. The van der Waals surface area contributed by atoms with Crippen LogP contribution in [0, 0.1) is 11.8 Å². The number of hydrogen-bond acceptors (Lipinski definition) is 2. The minimum atomic E-state index is -0.854. The van der Waals surface area contributed by atoms with E-state index in [2.05, 4.69) is 13.8 Å². The van der Waals surface area contributed by atoms with E-state index < -0.39 is 11.9 Å². The van der Waals surface area contributed by atoms with E-state index in [1.54, 1.807) is 11.8 Å². The second-order valence-corrected chi connectivity index (χ2v) is 4.89. The molecule has 0 rings (SSSR count). The van der Waals surface area contributed by atoms with Crippen LogP contribution in [0.3, 0.4) is 0 Å². The lowest BCUT2D eigenvalue weighted by Gasteiger charge is -2.25. The normalized spacial score (nSPS) is 11.5. The Hall–Kier alpha value is -1.06. The first-order chi connectivity index (χ1) is 8.31. The summed E-state index contributed by atoms with van der Waals surface area (Å²) in [5.74, 6) is -1.39. The second-order valence-electron chi connectivity index (χ2n) is 4.89. The Morgan fingerprint density at radius 1 is 1.11 bits per heavy atom. The summed E-state index contributed by atoms with van der Waals surface area (Å²) in [6.07, 6.45) is 2.10. The van der Waals surface area contributed by atoms with Crippen LogP contribution in [0.15, 0.2) is 0 Å². The molecule has 0 aromatic rings. The van der Waals surface area contributed by atoms with Gasteiger partial charge in [-0.2, -0.15) is 0 Å². The first kappa shape index (κ1) is 19.3. The standard InChI is InChI=1S/C11H21NO3.C3H8/c1-5-6-12(10(13)8(2)3)7-9(4)11(14)15;1-3-2/h8-9H,5-7H2,1-4H3,(H,14,15);3H2,1-2H3. The molecule has 0 bridgehead atoms. The van der Waals surface area contributed by atoms with Crippen LogP contribution in [0.1, 0.15) is 54.4 Å². The van der Waals surface area contributed by atoms with Gasteiger partial charge in [0, 0.05) is 19.0 Å². The van der Waals surface area contributed by atoms with E-state index >= 15 is 0 Å². The van der Waals surface area contributed by atoms with Gasteiger partial charge >= 0.3 is 5.97 Å². The van der Waals surface area contributed by atoms with Gasteiger partial charge in [-0.25, -0.2) is 0 Å². The number of aliphatic carboxylic acids is 1. The van der Waals surface area contributed by atoms with Crippen LogP contribution in [-0.2, 0) is 9.59 Å². The average molecular weight is 259 g/mol. The van der Waals surface area contributed by atoms with Crippen molar-refractivity contribution in [3.05, 3.63) is 0 Å². The van der Waals surface area contributed by atoms with Gasteiger partial charge in [0.25, 0.3) is 0 Å². The molecule has 0 saturated carbocycles. The number of amides is 1. The van der Waals surface area contributed by atoms with Gasteiger partial charge in [-0.1, -0.05) is 48.0 Å². The van der Waals surface area contributed by atoms with Crippen molar-refractivity contribution >= 4 is 11.9 Å². The molecule has 4 heteroatoms. The van der Waals surface area contributed by atoms with Crippen LogP contribution >= 0.6 is 0 Å². The lowest BCUT2D eigenvalue weighted by molar-refractivity contribution is -0.143. The van der Waals surface area contributed by atoms with E-state index in [1.165, 1.54) is 6.42 Å². The third-order valence-corrected chi connectivity index (χ3v) is 2.21. The molecule has 1 atom stereocenters. The number of nitrogens with zero attached hydrogens (tertiary/aromatic N) is 1. The SMILES string of the molecule is CCC.CCCN(CC(C)C(=O)O)C(=O)C(C)C. The van der Waals surface area contributed by atoms with Crippen LogP contribution in [0.4, 0.5) is 0 Å². The lowest BCUT2D eigenvalue weighted by atomic mass is 10.1. The zero-order valence-electron chi connectivity index (χ0n) is 12.7. The van der Waals surface area contributed by atoms with Gasteiger partial charge in [-0.3, -0.25) is 9.59 Å². The summed E-state index contributed by atoms with van der Waals surface area (Å²) in [5, 5.41) is 8.78. The van der Waals surface area contributed by atoms with Crippen LogP contribution in [-0.4, -0.2) is 35.0 Å². The Kier molecular flexibility index (Phi) is 11.8. The predicted octanol–water partition coefficient (Wildman–Crippen LogP) is 3.02. The minimum absolute atomic E-state index is 0.0324. The van der Waals surface area contributed by atoms with Crippen molar-refractivity contribution in [1.82, 2.24) is 4.90 Å². The average Bonchev–Trinajstić information content (AvgIpc) is 2.28. The first-order valence-electron chi connectivity index (χ1n) is 6.83. The predicted molar refractivity (Wildman–Crippen MR) is 74.5 cm³/mol. The number of rotatable bonds is 6. The van der Waals surface area contributed by atoms with Crippen molar-refractivity contribution < 1.29 is 14.7 Å². The van der Waals surface area contributed by atoms with Crippen molar-refractivity contribution in [2.24, 2.45) is 11.8 Å². The van der Waals surface area contributed by atoms with Crippen LogP contribution in [0.2, 0.25) is 0 Å². The Morgan fingerprint density at radius 3 is 1.83 bits per heavy atom. The fourth-order valence-electron chi connectivity index (χ4n) is 1.34. The van der Waals surface area contributed by atoms with Gasteiger partial charge in [0.2, 0.25) is 5.91 Å². The fourth-order valence-corrected chi connectivity index (χ4v) is 1.34. The summed E-state index contributed by atoms with van der Waals surface area (Å²) in [5.41, 5.74) is 0. The van der Waals surface area contributed by atoms with E-state index in [4.69, 9.17) is 5.11 Å². The summed E-state index contributed by atoms with van der Waals surface area (Å²) >= 11 is 0. The number of hydrogen-bond donors (Lipinski definition) is 1. The van der Waals surface area contributed by atoms with Gasteiger partial charge in [0.1, 0.15) is 0 Å². The van der Waals surface area contributed by atoms with Gasteiger partial charge in [0.15, 0.2) is 0 Å². The number of carboxylic acid groups (broad SMARTS) is 1. The molecule has 0 radical (unpaired) electrons. The van der Waals surface area contributed by atoms with Gasteiger partial charge in [-0.05, 0) is 6.42 Å². The lowest BCUT2D eigenvalue weighted by Crippen LogP contribution is -2.39. The molecule has 4 nitrogen and oxygen atoms in total. The highest BCUT2D eigenvalue weighted by atomic mass is 16.4. The molecule has 1 N–H and O–H groups in total. The molecule has 18 heavy (non-hydrogen) atoms. The second kappa shape index (κ2) is 11.1. The van der Waals surface area contributed by atoms with Crippen LogP contribution in [0.25, 0.3) is 0 Å². The molecule has 0 fully saturated rings. The molecule has 0 aromatic carbocycles. The third kappa shape index (κ3) is 9.02. The minimum Gasteiger partial charge on any atom is -0.481 e. The molecule has 1 amide bonds. The monoisotopic (exact) mass is 259 g/mol. The summed E-state index contributed by atoms with van der Waals surface area (Å²) in [7, 11) is 0. The largest absolute Gasteiger partial charge is 0.481 e. The van der Waals surface area contributed by atoms with Crippen LogP contribution < -0.4 is 0 Å². The fraction of sp³-hybridized carbons (Fsp3) is 0.857. The topological polar surface area (TPSA) is 57.6 Å². The zero-order chi connectivity index (χ0) is 14.7. The van der Waals surface area contributed by atoms with Gasteiger partial charge in [0.05, 0.1) is 5.92 Å². The highest BCUT2D eigenvalue weighted by Crippen LogP contribution is 2.07. The molecule has 1 unspecified atom stereocenters. The summed E-state index contributed by atoms with van der Waals surface area (Å²) in [4.78, 5) is 24.1. The van der Waals surface area contributed by atoms with Crippen molar-refractivity contribution in [3.63, 3.8) is 0 Å². The molecule has 0 saturated heterocycles. The van der Waals surface area contributed by atoms with Gasteiger partial charge < -0.3 is 10.0 Å². The Bertz CT molecular complexity index is 239. The summed E-state index contributed by atoms with van der Waals surface area (Å²) < 4.78 is 0. The van der Waals surface area contributed by atoms with Crippen molar-refractivity contribution in [3.8, 4) is 0 Å². The van der Waals surface area contributed by atoms with Crippen molar-refractivity contribution in [1.29, 1.82) is 0 Å². The maximum absolute atomic E-state index is 11.7. The smallest absolute Gasteiger partial charge is 0.308 e. The summed E-state index contributed by atoms with van der Waals surface area (Å²) in [6.45, 7) is 12.5. The third-order valence-electron chi connectivity index (χ3n) is 2.21. The van der Waals surface area contributed by atoms with E-state index in [9.17, 15) is 9.59 Å². The molecular weight excluding hydrogens is 230 g/mol. The Balaban J connectivity index is 0. The highest BCUT2D eigenvalue weighted by molar-refractivity contribution is 5.79.